The zero-order valence-electron chi connectivity index (χ0n) is 13.8. The summed E-state index contributed by atoms with van der Waals surface area (Å²) in [5.41, 5.74) is -0.355. The molecule has 3 rings (SSSR count). The lowest BCUT2D eigenvalue weighted by atomic mass is 9.84. The molecule has 3 heterocycles. The molecule has 0 unspecified atom stereocenters. The Balaban J connectivity index is 1.96. The maximum Gasteiger partial charge on any atom is 0.525 e. The monoisotopic (exact) mass is 320 g/mol. The normalized spacial score (nSPS) is 20.9. The molecule has 0 aliphatic carbocycles. The molecule has 23 heavy (non-hydrogen) atoms. The van der Waals surface area contributed by atoms with Crippen LogP contribution in [0.15, 0.2) is 24.1 Å². The van der Waals surface area contributed by atoms with Crippen LogP contribution in [-0.4, -0.2) is 28.3 Å². The van der Waals surface area contributed by atoms with E-state index >= 15 is 0 Å². The number of H-pyrrole nitrogens is 1. The van der Waals surface area contributed by atoms with E-state index in [0.29, 0.717) is 22.3 Å². The van der Waals surface area contributed by atoms with E-state index < -0.39 is 29.9 Å². The van der Waals surface area contributed by atoms with Gasteiger partial charge in [-0.05, 0) is 46.8 Å². The van der Waals surface area contributed by atoms with Crippen molar-refractivity contribution in [1.29, 1.82) is 0 Å². The van der Waals surface area contributed by atoms with E-state index in [-0.39, 0.29) is 0 Å². The van der Waals surface area contributed by atoms with Crippen LogP contribution in [0.3, 0.4) is 0 Å². The fraction of sp³-hybridized carbons (Fsp3) is 0.438. The summed E-state index contributed by atoms with van der Waals surface area (Å²) in [5.74, 6) is -0.434. The number of nitrogens with zero attached hydrogens (tertiary/aromatic N) is 1. The molecular formula is C16H19BF2N2O2. The largest absolute Gasteiger partial charge is 0.525 e. The highest BCUT2D eigenvalue weighted by atomic mass is 19.1. The van der Waals surface area contributed by atoms with E-state index in [1.165, 1.54) is 6.07 Å². The molecule has 0 amide bonds. The maximum absolute atomic E-state index is 14.8. The minimum Gasteiger partial charge on any atom is -0.398 e. The standard InChI is InChI=1S/C16H19BF2N2O2/c1-9(12-7-10-6-11(18)8-20-14(10)21-12)13(19)17-22-15(2,3)16(4,5)23-17/h6-8H,1-5H3,(H,20,21). The number of fused-ring (bicyclic) bond motifs is 1. The number of pyridine rings is 1. The van der Waals surface area contributed by atoms with Crippen molar-refractivity contribution in [2.45, 2.75) is 45.8 Å². The van der Waals surface area contributed by atoms with Crippen molar-refractivity contribution >= 4 is 23.7 Å². The molecule has 1 fully saturated rings. The molecule has 122 valence electrons. The Morgan fingerprint density at radius 2 is 1.78 bits per heavy atom. The second-order valence-electron chi connectivity index (χ2n) is 6.84. The molecule has 1 aliphatic heterocycles. The van der Waals surface area contributed by atoms with E-state index in [0.717, 1.165) is 6.20 Å². The van der Waals surface area contributed by atoms with Gasteiger partial charge in [-0.25, -0.2) is 13.8 Å². The van der Waals surface area contributed by atoms with Crippen LogP contribution >= 0.6 is 0 Å². The summed E-state index contributed by atoms with van der Waals surface area (Å²) in [6, 6.07) is 3.01. The first-order chi connectivity index (χ1) is 10.6. The van der Waals surface area contributed by atoms with Gasteiger partial charge in [0, 0.05) is 16.7 Å². The molecule has 4 nitrogen and oxygen atoms in total. The van der Waals surface area contributed by atoms with Gasteiger partial charge in [0.25, 0.3) is 0 Å². The molecule has 0 spiro atoms. The van der Waals surface area contributed by atoms with Crippen LogP contribution in [0, 0.1) is 5.82 Å². The summed E-state index contributed by atoms with van der Waals surface area (Å²) >= 11 is 0. The van der Waals surface area contributed by atoms with Gasteiger partial charge in [-0.2, -0.15) is 0 Å². The number of nitrogens with one attached hydrogen (secondary N) is 1. The molecule has 1 N–H and O–H groups in total. The lowest BCUT2D eigenvalue weighted by molar-refractivity contribution is 0.00578. The van der Waals surface area contributed by atoms with Crippen LogP contribution in [0.5, 0.6) is 0 Å². The number of aromatic amines is 1. The lowest BCUT2D eigenvalue weighted by Crippen LogP contribution is -2.41. The summed E-state index contributed by atoms with van der Waals surface area (Å²) in [6.45, 7) is 9.09. The van der Waals surface area contributed by atoms with E-state index in [4.69, 9.17) is 9.31 Å². The minimum atomic E-state index is -1.06. The van der Waals surface area contributed by atoms with E-state index in [2.05, 4.69) is 9.97 Å². The van der Waals surface area contributed by atoms with Gasteiger partial charge in [0.2, 0.25) is 0 Å². The maximum atomic E-state index is 14.8. The zero-order valence-corrected chi connectivity index (χ0v) is 13.8. The van der Waals surface area contributed by atoms with E-state index in [1.807, 2.05) is 27.7 Å². The number of halogens is 2. The minimum absolute atomic E-state index is 0.349. The van der Waals surface area contributed by atoms with Crippen molar-refractivity contribution in [3.63, 3.8) is 0 Å². The summed E-state index contributed by atoms with van der Waals surface area (Å²) in [5, 5.41) is 0.584. The molecule has 2 aromatic rings. The number of allylic oxidation sites excluding steroid dienone is 1. The predicted molar refractivity (Wildman–Crippen MR) is 85.8 cm³/mol. The molecule has 0 aromatic carbocycles. The van der Waals surface area contributed by atoms with E-state index in [9.17, 15) is 8.78 Å². The Kier molecular flexibility index (Phi) is 3.61. The van der Waals surface area contributed by atoms with Gasteiger partial charge >= 0.3 is 7.12 Å². The van der Waals surface area contributed by atoms with Crippen LogP contribution in [0.2, 0.25) is 0 Å². The van der Waals surface area contributed by atoms with E-state index in [1.54, 1.807) is 13.0 Å². The van der Waals surface area contributed by atoms with Crippen LogP contribution in [0.1, 0.15) is 40.3 Å². The van der Waals surface area contributed by atoms with Crippen molar-refractivity contribution in [3.8, 4) is 0 Å². The third kappa shape index (κ3) is 2.68. The first-order valence-electron chi connectivity index (χ1n) is 7.47. The summed E-state index contributed by atoms with van der Waals surface area (Å²) < 4.78 is 39.5. The number of hydrogen-bond acceptors (Lipinski definition) is 3. The van der Waals surface area contributed by atoms with Gasteiger partial charge in [0.05, 0.1) is 17.4 Å². The Labute approximate surface area is 134 Å². The Morgan fingerprint density at radius 3 is 2.39 bits per heavy atom. The van der Waals surface area contributed by atoms with Gasteiger partial charge in [0.1, 0.15) is 17.2 Å². The number of hydrogen-bond donors (Lipinski definition) is 1. The Hall–Kier alpha value is -1.73. The van der Waals surface area contributed by atoms with Gasteiger partial charge in [-0.15, -0.1) is 0 Å². The number of rotatable bonds is 2. The van der Waals surface area contributed by atoms with Crippen molar-refractivity contribution in [2.75, 3.05) is 0 Å². The van der Waals surface area contributed by atoms with Crippen LogP contribution in [0.25, 0.3) is 16.6 Å². The summed E-state index contributed by atoms with van der Waals surface area (Å²) in [7, 11) is -1.06. The van der Waals surface area contributed by atoms with Crippen molar-refractivity contribution < 1.29 is 18.1 Å². The zero-order chi connectivity index (χ0) is 17.0. The van der Waals surface area contributed by atoms with Gasteiger partial charge in [-0.3, -0.25) is 0 Å². The average molecular weight is 320 g/mol. The molecular weight excluding hydrogens is 301 g/mol. The molecule has 1 aliphatic rings. The van der Waals surface area contributed by atoms with Crippen molar-refractivity contribution in [2.24, 2.45) is 0 Å². The third-order valence-electron chi connectivity index (χ3n) is 4.66. The highest BCUT2D eigenvalue weighted by molar-refractivity contribution is 6.55. The topological polar surface area (TPSA) is 47.1 Å². The summed E-state index contributed by atoms with van der Waals surface area (Å²) in [6.07, 6.45) is 1.12. The lowest BCUT2D eigenvalue weighted by Gasteiger charge is -2.32. The average Bonchev–Trinajstić information content (AvgIpc) is 2.95. The second-order valence-corrected chi connectivity index (χ2v) is 6.84. The fourth-order valence-electron chi connectivity index (χ4n) is 2.44. The number of aromatic nitrogens is 2. The highest BCUT2D eigenvalue weighted by Gasteiger charge is 2.53. The molecule has 2 aromatic heterocycles. The van der Waals surface area contributed by atoms with Crippen molar-refractivity contribution in [1.82, 2.24) is 9.97 Å². The van der Waals surface area contributed by atoms with Crippen LogP contribution < -0.4 is 0 Å². The Bertz CT molecular complexity index is 782. The first kappa shape index (κ1) is 16.1. The highest BCUT2D eigenvalue weighted by Crippen LogP contribution is 2.40. The van der Waals surface area contributed by atoms with Gasteiger partial charge in [0.15, 0.2) is 0 Å². The molecule has 1 saturated heterocycles. The molecule has 0 saturated carbocycles. The van der Waals surface area contributed by atoms with Crippen molar-refractivity contribution in [3.05, 3.63) is 35.6 Å². The molecule has 0 radical (unpaired) electrons. The quantitative estimate of drug-likeness (QED) is 0.850. The third-order valence-corrected chi connectivity index (χ3v) is 4.66. The van der Waals surface area contributed by atoms with Gasteiger partial charge < -0.3 is 14.3 Å². The second kappa shape index (κ2) is 5.14. The summed E-state index contributed by atoms with van der Waals surface area (Å²) in [4.78, 5) is 6.93. The van der Waals surface area contributed by atoms with Crippen LogP contribution in [-0.2, 0) is 9.31 Å². The Morgan fingerprint density at radius 1 is 1.17 bits per heavy atom. The molecule has 7 heteroatoms. The SMILES string of the molecule is CC(=C(F)B1OC(C)(C)C(C)(C)O1)c1cc2cc(F)cnc2[nH]1. The smallest absolute Gasteiger partial charge is 0.398 e. The molecule has 0 atom stereocenters. The fourth-order valence-corrected chi connectivity index (χ4v) is 2.44. The predicted octanol–water partition coefficient (Wildman–Crippen LogP) is 4.03. The van der Waals surface area contributed by atoms with Gasteiger partial charge in [-0.1, -0.05) is 0 Å². The first-order valence-corrected chi connectivity index (χ1v) is 7.47. The molecule has 0 bridgehead atoms. The van der Waals surface area contributed by atoms with Crippen LogP contribution in [0.4, 0.5) is 8.78 Å².